The van der Waals surface area contributed by atoms with Crippen LogP contribution in [-0.4, -0.2) is 68.9 Å². The Morgan fingerprint density at radius 1 is 1.38 bits per heavy atom. The molecule has 0 spiro atoms. The molecule has 0 saturated carbocycles. The molecule has 26 heavy (non-hydrogen) atoms. The molecule has 0 radical (unpaired) electrons. The van der Waals surface area contributed by atoms with Crippen LogP contribution >= 0.6 is 0 Å². The van der Waals surface area contributed by atoms with E-state index in [0.29, 0.717) is 18.7 Å². The largest absolute Gasteiger partial charge is 0.374 e. The fourth-order valence-corrected chi connectivity index (χ4v) is 4.03. The van der Waals surface area contributed by atoms with Crippen molar-refractivity contribution in [2.45, 2.75) is 32.0 Å². The maximum Gasteiger partial charge on any atom is 0.255 e. The highest BCUT2D eigenvalue weighted by molar-refractivity contribution is 5.94. The summed E-state index contributed by atoms with van der Waals surface area (Å²) in [4.78, 5) is 21.5. The number of morpholine rings is 1. The van der Waals surface area contributed by atoms with Gasteiger partial charge in [-0.15, -0.1) is 0 Å². The lowest BCUT2D eigenvalue weighted by molar-refractivity contribution is -0.0914. The third kappa shape index (κ3) is 3.37. The van der Waals surface area contributed by atoms with E-state index in [2.05, 4.69) is 21.2 Å². The highest BCUT2D eigenvalue weighted by atomic mass is 16.5. The zero-order valence-corrected chi connectivity index (χ0v) is 15.3. The van der Waals surface area contributed by atoms with Crippen LogP contribution in [0.5, 0.6) is 0 Å². The summed E-state index contributed by atoms with van der Waals surface area (Å²) in [6.45, 7) is 5.95. The van der Waals surface area contributed by atoms with Crippen LogP contribution in [0.2, 0.25) is 0 Å². The van der Waals surface area contributed by atoms with E-state index in [1.165, 1.54) is 5.56 Å². The van der Waals surface area contributed by atoms with E-state index in [1.54, 1.807) is 12.4 Å². The summed E-state index contributed by atoms with van der Waals surface area (Å²) in [6.07, 6.45) is 6.48. The number of amides is 1. The van der Waals surface area contributed by atoms with Crippen LogP contribution in [0.15, 0.2) is 30.7 Å². The second-order valence-corrected chi connectivity index (χ2v) is 7.15. The van der Waals surface area contributed by atoms with Crippen LogP contribution in [0.1, 0.15) is 28.0 Å². The lowest BCUT2D eigenvalue weighted by Crippen LogP contribution is -2.61. The van der Waals surface area contributed by atoms with Crippen molar-refractivity contribution in [3.63, 3.8) is 0 Å². The topological polar surface area (TPSA) is 63.5 Å². The standard InChI is InChI=1S/C19H25N5O2/c1-14-16(11-22(2)21-14)12-23-7-5-18-17(13-23)24(8-9-26-18)19(25)15-4-3-6-20-10-15/h3-4,6,10-11,17-18H,5,7-9,12-13H2,1-2H3/t17-,18-/m0/s1. The molecule has 0 bridgehead atoms. The van der Waals surface area contributed by atoms with Crippen LogP contribution in [0, 0.1) is 6.92 Å². The molecule has 2 atom stereocenters. The fraction of sp³-hybridized carbons (Fsp3) is 0.526. The van der Waals surface area contributed by atoms with Crippen LogP contribution in [-0.2, 0) is 18.3 Å². The minimum atomic E-state index is 0.0517. The average molecular weight is 355 g/mol. The van der Waals surface area contributed by atoms with Crippen molar-refractivity contribution in [1.82, 2.24) is 24.6 Å². The van der Waals surface area contributed by atoms with Crippen molar-refractivity contribution in [2.75, 3.05) is 26.2 Å². The number of aromatic nitrogens is 3. The molecule has 7 heteroatoms. The van der Waals surface area contributed by atoms with E-state index < -0.39 is 0 Å². The molecule has 2 saturated heterocycles. The van der Waals surface area contributed by atoms with E-state index >= 15 is 0 Å². The first kappa shape index (κ1) is 17.2. The van der Waals surface area contributed by atoms with Gasteiger partial charge in [-0.3, -0.25) is 19.4 Å². The van der Waals surface area contributed by atoms with Crippen molar-refractivity contribution in [1.29, 1.82) is 0 Å². The highest BCUT2D eigenvalue weighted by Crippen LogP contribution is 2.26. The predicted octanol–water partition coefficient (Wildman–Crippen LogP) is 1.24. The van der Waals surface area contributed by atoms with Gasteiger partial charge in [0.05, 0.1) is 30.0 Å². The smallest absolute Gasteiger partial charge is 0.255 e. The number of piperidine rings is 1. The minimum Gasteiger partial charge on any atom is -0.374 e. The molecule has 4 heterocycles. The van der Waals surface area contributed by atoms with Crippen molar-refractivity contribution in [3.8, 4) is 0 Å². The number of carbonyl (C=O) groups is 1. The molecule has 2 aliphatic heterocycles. The van der Waals surface area contributed by atoms with Gasteiger partial charge < -0.3 is 9.64 Å². The molecule has 2 aromatic rings. The summed E-state index contributed by atoms with van der Waals surface area (Å²) in [5.74, 6) is 0.0517. The Bertz CT molecular complexity index is 775. The van der Waals surface area contributed by atoms with Gasteiger partial charge in [-0.05, 0) is 25.5 Å². The quantitative estimate of drug-likeness (QED) is 0.829. The third-order valence-corrected chi connectivity index (χ3v) is 5.35. The number of ether oxygens (including phenoxy) is 1. The van der Waals surface area contributed by atoms with Crippen molar-refractivity contribution < 1.29 is 9.53 Å². The molecule has 2 fully saturated rings. The molecule has 2 aliphatic rings. The van der Waals surface area contributed by atoms with Gasteiger partial charge in [0.15, 0.2) is 0 Å². The zero-order valence-electron chi connectivity index (χ0n) is 15.3. The van der Waals surface area contributed by atoms with E-state index in [0.717, 1.165) is 31.7 Å². The van der Waals surface area contributed by atoms with Gasteiger partial charge >= 0.3 is 0 Å². The second-order valence-electron chi connectivity index (χ2n) is 7.15. The molecule has 0 unspecified atom stereocenters. The first-order valence-electron chi connectivity index (χ1n) is 9.16. The molecule has 4 rings (SSSR count). The zero-order chi connectivity index (χ0) is 18.1. The van der Waals surface area contributed by atoms with Gasteiger partial charge in [-0.2, -0.15) is 5.10 Å². The molecule has 1 amide bonds. The first-order chi connectivity index (χ1) is 12.6. The number of fused-ring (bicyclic) bond motifs is 1. The fourth-order valence-electron chi connectivity index (χ4n) is 4.03. The summed E-state index contributed by atoms with van der Waals surface area (Å²) in [5, 5.41) is 4.43. The van der Waals surface area contributed by atoms with Crippen molar-refractivity contribution in [3.05, 3.63) is 47.5 Å². The Hall–Kier alpha value is -2.25. The monoisotopic (exact) mass is 355 g/mol. The van der Waals surface area contributed by atoms with Gasteiger partial charge in [-0.1, -0.05) is 0 Å². The molecule has 0 aromatic carbocycles. The summed E-state index contributed by atoms with van der Waals surface area (Å²) >= 11 is 0. The number of hydrogen-bond donors (Lipinski definition) is 0. The van der Waals surface area contributed by atoms with E-state index in [1.807, 2.05) is 35.7 Å². The lowest BCUT2D eigenvalue weighted by atomic mass is 9.97. The lowest BCUT2D eigenvalue weighted by Gasteiger charge is -2.47. The number of carbonyl (C=O) groups excluding carboxylic acids is 1. The number of pyridine rings is 1. The average Bonchev–Trinajstić information content (AvgIpc) is 2.98. The predicted molar refractivity (Wildman–Crippen MR) is 96.6 cm³/mol. The van der Waals surface area contributed by atoms with Gasteiger partial charge in [0.2, 0.25) is 0 Å². The van der Waals surface area contributed by atoms with Crippen LogP contribution in [0.25, 0.3) is 0 Å². The summed E-state index contributed by atoms with van der Waals surface area (Å²) in [7, 11) is 1.95. The first-order valence-corrected chi connectivity index (χ1v) is 9.16. The SMILES string of the molecule is Cc1nn(C)cc1CN1CC[C@@H]2OCCN(C(=O)c3cccnc3)[C@H]2C1. The molecule has 0 N–H and O–H groups in total. The normalized spacial score (nSPS) is 23.7. The summed E-state index contributed by atoms with van der Waals surface area (Å²) in [5.41, 5.74) is 2.96. The highest BCUT2D eigenvalue weighted by Gasteiger charge is 2.39. The number of hydrogen-bond acceptors (Lipinski definition) is 5. The second kappa shape index (κ2) is 7.17. The Labute approximate surface area is 153 Å². The van der Waals surface area contributed by atoms with Crippen LogP contribution < -0.4 is 0 Å². The summed E-state index contributed by atoms with van der Waals surface area (Å²) < 4.78 is 7.83. The molecule has 0 aliphatic carbocycles. The van der Waals surface area contributed by atoms with Gasteiger partial charge in [0.1, 0.15) is 0 Å². The number of rotatable bonds is 3. The number of likely N-dealkylation sites (tertiary alicyclic amines) is 1. The summed E-state index contributed by atoms with van der Waals surface area (Å²) in [6, 6.07) is 3.73. The van der Waals surface area contributed by atoms with Gasteiger partial charge in [-0.25, -0.2) is 0 Å². The van der Waals surface area contributed by atoms with E-state index in [-0.39, 0.29) is 18.1 Å². The Balaban J connectivity index is 1.50. The Morgan fingerprint density at radius 2 is 2.27 bits per heavy atom. The Morgan fingerprint density at radius 3 is 3.00 bits per heavy atom. The van der Waals surface area contributed by atoms with E-state index in [9.17, 15) is 4.79 Å². The maximum atomic E-state index is 13.0. The molecular formula is C19H25N5O2. The van der Waals surface area contributed by atoms with Gasteiger partial charge in [0.25, 0.3) is 5.91 Å². The number of nitrogens with zero attached hydrogens (tertiary/aromatic N) is 5. The van der Waals surface area contributed by atoms with Crippen LogP contribution in [0.4, 0.5) is 0 Å². The molecule has 138 valence electrons. The molecular weight excluding hydrogens is 330 g/mol. The van der Waals surface area contributed by atoms with Gasteiger partial charge in [0, 0.05) is 57.4 Å². The maximum absolute atomic E-state index is 13.0. The Kier molecular flexibility index (Phi) is 4.74. The van der Waals surface area contributed by atoms with Crippen molar-refractivity contribution in [2.24, 2.45) is 7.05 Å². The number of aryl methyl sites for hydroxylation is 2. The van der Waals surface area contributed by atoms with Crippen LogP contribution in [0.3, 0.4) is 0 Å². The van der Waals surface area contributed by atoms with Crippen molar-refractivity contribution >= 4 is 5.91 Å². The third-order valence-electron chi connectivity index (χ3n) is 5.35. The molecule has 7 nitrogen and oxygen atoms in total. The minimum absolute atomic E-state index is 0.0517. The van der Waals surface area contributed by atoms with E-state index in [4.69, 9.17) is 4.74 Å². The molecule has 2 aromatic heterocycles.